The van der Waals surface area contributed by atoms with Gasteiger partial charge in [0.25, 0.3) is 0 Å². The highest BCUT2D eigenvalue weighted by atomic mass is 35.5. The van der Waals surface area contributed by atoms with Crippen molar-refractivity contribution >= 4 is 28.7 Å². The summed E-state index contributed by atoms with van der Waals surface area (Å²) in [6.45, 7) is 2.25. The molecule has 0 spiro atoms. The monoisotopic (exact) mass is 300 g/mol. The first-order valence-electron chi connectivity index (χ1n) is 7.52. The Balaban J connectivity index is 1.96. The van der Waals surface area contributed by atoms with Gasteiger partial charge in [0.05, 0.1) is 9.90 Å². The Morgan fingerprint density at radius 1 is 1.05 bits per heavy atom. The number of thiophene rings is 1. The molecule has 0 aliphatic heterocycles. The van der Waals surface area contributed by atoms with Crippen LogP contribution in [-0.2, 0) is 0 Å². The molecule has 0 radical (unpaired) electrons. The number of ketones is 1. The van der Waals surface area contributed by atoms with Gasteiger partial charge in [-0.3, -0.25) is 4.79 Å². The highest BCUT2D eigenvalue weighted by Crippen LogP contribution is 2.24. The zero-order valence-corrected chi connectivity index (χ0v) is 13.5. The van der Waals surface area contributed by atoms with Gasteiger partial charge in [-0.2, -0.15) is 0 Å². The minimum atomic E-state index is 0.211. The molecule has 1 heterocycles. The molecule has 0 N–H and O–H groups in total. The Labute approximate surface area is 126 Å². The molecular weight excluding hydrogens is 276 g/mol. The van der Waals surface area contributed by atoms with Crippen LogP contribution < -0.4 is 0 Å². The van der Waals surface area contributed by atoms with Crippen LogP contribution in [0.5, 0.6) is 0 Å². The van der Waals surface area contributed by atoms with Crippen molar-refractivity contribution in [3.63, 3.8) is 0 Å². The number of rotatable bonds is 11. The zero-order chi connectivity index (χ0) is 13.9. The van der Waals surface area contributed by atoms with Crippen LogP contribution in [0, 0.1) is 0 Å². The topological polar surface area (TPSA) is 17.1 Å². The number of hydrogen-bond acceptors (Lipinski definition) is 2. The summed E-state index contributed by atoms with van der Waals surface area (Å²) < 4.78 is 0. The number of carbonyl (C=O) groups is 1. The van der Waals surface area contributed by atoms with Gasteiger partial charge < -0.3 is 0 Å². The lowest BCUT2D eigenvalue weighted by atomic mass is 10.1. The molecule has 0 aromatic carbocycles. The van der Waals surface area contributed by atoms with Gasteiger partial charge >= 0.3 is 0 Å². The van der Waals surface area contributed by atoms with Gasteiger partial charge in [-0.1, -0.05) is 69.9 Å². The number of halogens is 1. The quantitative estimate of drug-likeness (QED) is 0.336. The number of Topliss-reactive ketones (excluding diaryl/α,β-unsaturated/α-hetero) is 1. The lowest BCUT2D eigenvalue weighted by Crippen LogP contribution is -1.96. The van der Waals surface area contributed by atoms with Crippen molar-refractivity contribution in [2.45, 2.75) is 71.1 Å². The number of unbranched alkanes of at least 4 members (excludes halogenated alkanes) is 8. The van der Waals surface area contributed by atoms with E-state index in [0.717, 1.165) is 11.3 Å². The Morgan fingerprint density at radius 2 is 1.63 bits per heavy atom. The first-order chi connectivity index (χ1) is 9.25. The largest absolute Gasteiger partial charge is 0.293 e. The van der Waals surface area contributed by atoms with Crippen LogP contribution in [0.3, 0.4) is 0 Å². The van der Waals surface area contributed by atoms with E-state index in [2.05, 4.69) is 6.92 Å². The Hall–Kier alpha value is -0.340. The molecule has 108 valence electrons. The third-order valence-corrected chi connectivity index (χ3v) is 4.76. The van der Waals surface area contributed by atoms with Gasteiger partial charge in [0, 0.05) is 6.42 Å². The van der Waals surface area contributed by atoms with Crippen LogP contribution in [-0.4, -0.2) is 5.78 Å². The van der Waals surface area contributed by atoms with Crippen LogP contribution in [0.2, 0.25) is 5.02 Å². The molecule has 0 atom stereocenters. The molecular formula is C16H25ClOS. The van der Waals surface area contributed by atoms with E-state index in [9.17, 15) is 4.79 Å². The minimum absolute atomic E-state index is 0.211. The van der Waals surface area contributed by atoms with E-state index < -0.39 is 0 Å². The second-order valence-electron chi connectivity index (χ2n) is 5.10. The van der Waals surface area contributed by atoms with Crippen LogP contribution in [0.15, 0.2) is 11.4 Å². The van der Waals surface area contributed by atoms with E-state index in [0.29, 0.717) is 11.4 Å². The van der Waals surface area contributed by atoms with E-state index in [4.69, 9.17) is 11.6 Å². The molecule has 0 bridgehead atoms. The van der Waals surface area contributed by atoms with Crippen molar-refractivity contribution in [2.24, 2.45) is 0 Å². The first kappa shape index (κ1) is 16.7. The molecule has 0 unspecified atom stereocenters. The van der Waals surface area contributed by atoms with Crippen molar-refractivity contribution < 1.29 is 4.79 Å². The van der Waals surface area contributed by atoms with Crippen molar-refractivity contribution in [3.05, 3.63) is 21.3 Å². The molecule has 0 saturated carbocycles. The summed E-state index contributed by atoms with van der Waals surface area (Å²) in [5, 5.41) is 2.50. The third-order valence-electron chi connectivity index (χ3n) is 3.38. The normalized spacial score (nSPS) is 10.8. The van der Waals surface area contributed by atoms with Gasteiger partial charge in [-0.15, -0.1) is 11.3 Å². The third kappa shape index (κ3) is 7.12. The predicted molar refractivity (Wildman–Crippen MR) is 85.5 cm³/mol. The van der Waals surface area contributed by atoms with Gasteiger partial charge in [-0.25, -0.2) is 0 Å². The van der Waals surface area contributed by atoms with Crippen molar-refractivity contribution in [1.29, 1.82) is 0 Å². The highest BCUT2D eigenvalue weighted by Gasteiger charge is 2.10. The molecule has 19 heavy (non-hydrogen) atoms. The maximum atomic E-state index is 11.9. The fraction of sp³-hybridized carbons (Fsp3) is 0.688. The van der Waals surface area contributed by atoms with E-state index in [1.807, 2.05) is 5.38 Å². The van der Waals surface area contributed by atoms with E-state index in [1.54, 1.807) is 6.07 Å². The van der Waals surface area contributed by atoms with E-state index in [1.165, 1.54) is 62.7 Å². The summed E-state index contributed by atoms with van der Waals surface area (Å²) in [4.78, 5) is 12.6. The smallest absolute Gasteiger partial charge is 0.174 e. The molecule has 0 fully saturated rings. The second kappa shape index (κ2) is 10.4. The lowest BCUT2D eigenvalue weighted by Gasteiger charge is -2.02. The lowest BCUT2D eigenvalue weighted by molar-refractivity contribution is 0.0983. The van der Waals surface area contributed by atoms with Crippen LogP contribution >= 0.6 is 22.9 Å². The second-order valence-corrected chi connectivity index (χ2v) is 6.42. The zero-order valence-electron chi connectivity index (χ0n) is 11.9. The van der Waals surface area contributed by atoms with Gasteiger partial charge in [0.2, 0.25) is 0 Å². The van der Waals surface area contributed by atoms with E-state index in [-0.39, 0.29) is 5.78 Å². The molecule has 1 aromatic heterocycles. The maximum Gasteiger partial charge on any atom is 0.174 e. The Kier molecular flexibility index (Phi) is 9.19. The summed E-state index contributed by atoms with van der Waals surface area (Å²) in [7, 11) is 0. The first-order valence-corrected chi connectivity index (χ1v) is 8.77. The summed E-state index contributed by atoms with van der Waals surface area (Å²) in [5.41, 5.74) is 0. The SMILES string of the molecule is CCCCCCCCCCCC(=O)c1sccc1Cl. The summed E-state index contributed by atoms with van der Waals surface area (Å²) in [6, 6.07) is 1.80. The summed E-state index contributed by atoms with van der Waals surface area (Å²) >= 11 is 7.40. The Morgan fingerprint density at radius 3 is 2.16 bits per heavy atom. The molecule has 0 aliphatic rings. The molecule has 0 saturated heterocycles. The maximum absolute atomic E-state index is 11.9. The van der Waals surface area contributed by atoms with Gasteiger partial charge in [0.1, 0.15) is 0 Å². The average Bonchev–Trinajstić information content (AvgIpc) is 2.83. The van der Waals surface area contributed by atoms with Gasteiger partial charge in [0.15, 0.2) is 5.78 Å². The fourth-order valence-electron chi connectivity index (χ4n) is 2.20. The van der Waals surface area contributed by atoms with Crippen molar-refractivity contribution in [3.8, 4) is 0 Å². The number of carbonyl (C=O) groups excluding carboxylic acids is 1. The molecule has 0 amide bonds. The van der Waals surface area contributed by atoms with Crippen molar-refractivity contribution in [1.82, 2.24) is 0 Å². The fourth-order valence-corrected chi connectivity index (χ4v) is 3.33. The molecule has 1 aromatic rings. The summed E-state index contributed by atoms with van der Waals surface area (Å²) in [5.74, 6) is 0.211. The van der Waals surface area contributed by atoms with Crippen LogP contribution in [0.4, 0.5) is 0 Å². The van der Waals surface area contributed by atoms with Crippen LogP contribution in [0.25, 0.3) is 0 Å². The van der Waals surface area contributed by atoms with Crippen LogP contribution in [0.1, 0.15) is 80.8 Å². The molecule has 3 heteroatoms. The predicted octanol–water partition coefficient (Wildman–Crippen LogP) is 6.51. The van der Waals surface area contributed by atoms with Crippen molar-refractivity contribution in [2.75, 3.05) is 0 Å². The molecule has 0 aliphatic carbocycles. The minimum Gasteiger partial charge on any atom is -0.293 e. The molecule has 1 rings (SSSR count). The Bertz CT molecular complexity index is 359. The number of hydrogen-bond donors (Lipinski definition) is 0. The highest BCUT2D eigenvalue weighted by molar-refractivity contribution is 7.12. The summed E-state index contributed by atoms with van der Waals surface area (Å²) in [6.07, 6.45) is 12.2. The molecule has 1 nitrogen and oxygen atoms in total. The van der Waals surface area contributed by atoms with E-state index >= 15 is 0 Å². The van der Waals surface area contributed by atoms with Gasteiger partial charge in [-0.05, 0) is 17.9 Å². The average molecular weight is 301 g/mol. The standard InChI is InChI=1S/C16H25ClOS/c1-2-3-4-5-6-7-8-9-10-11-15(18)16-14(17)12-13-19-16/h12-13H,2-11H2,1H3.